The number of hydrogen-bond acceptors (Lipinski definition) is 3. The lowest BCUT2D eigenvalue weighted by molar-refractivity contribution is -0.0562. The van der Waals surface area contributed by atoms with E-state index in [0.29, 0.717) is 18.3 Å². The van der Waals surface area contributed by atoms with Gasteiger partial charge >= 0.3 is 0 Å². The molecule has 0 aromatic heterocycles. The fraction of sp³-hybridized carbons (Fsp3) is 0.800. The summed E-state index contributed by atoms with van der Waals surface area (Å²) in [5.41, 5.74) is 1.53. The fourth-order valence-electron chi connectivity index (χ4n) is 4.42. The van der Waals surface area contributed by atoms with Gasteiger partial charge in [0.25, 0.3) is 0 Å². The van der Waals surface area contributed by atoms with Crippen molar-refractivity contribution in [3.8, 4) is 0 Å². The van der Waals surface area contributed by atoms with E-state index in [0.717, 1.165) is 25.7 Å². The Balaban J connectivity index is 2.03. The number of aliphatic hydroxyl groups is 3. The molecular weight excluding hydrogens is 288 g/mol. The highest BCUT2D eigenvalue weighted by Crippen LogP contribution is 2.47. The average molecular weight is 322 g/mol. The summed E-state index contributed by atoms with van der Waals surface area (Å²) in [7, 11) is 0. The molecular formula is C20H34O3. The molecule has 2 aliphatic rings. The topological polar surface area (TPSA) is 60.7 Å². The molecule has 0 heterocycles. The minimum atomic E-state index is -1.06. The quantitative estimate of drug-likeness (QED) is 0.680. The number of rotatable bonds is 5. The third-order valence-corrected chi connectivity index (χ3v) is 6.22. The van der Waals surface area contributed by atoms with Crippen molar-refractivity contribution in [1.29, 1.82) is 0 Å². The van der Waals surface area contributed by atoms with Crippen molar-refractivity contribution in [2.24, 2.45) is 23.7 Å². The van der Waals surface area contributed by atoms with Crippen LogP contribution in [-0.2, 0) is 0 Å². The summed E-state index contributed by atoms with van der Waals surface area (Å²) >= 11 is 0. The van der Waals surface area contributed by atoms with Crippen molar-refractivity contribution in [2.75, 3.05) is 0 Å². The molecule has 3 heteroatoms. The second-order valence-electron chi connectivity index (χ2n) is 8.39. The van der Waals surface area contributed by atoms with Crippen LogP contribution in [0.1, 0.15) is 59.8 Å². The molecule has 0 bridgehead atoms. The van der Waals surface area contributed by atoms with Gasteiger partial charge in [-0.15, -0.1) is 0 Å². The largest absolute Gasteiger partial charge is 0.392 e. The summed E-state index contributed by atoms with van der Waals surface area (Å²) in [6.07, 6.45) is 5.58. The lowest BCUT2D eigenvalue weighted by Gasteiger charge is -2.34. The van der Waals surface area contributed by atoms with E-state index in [4.69, 9.17) is 0 Å². The Hall–Kier alpha value is -0.640. The third-order valence-electron chi connectivity index (χ3n) is 6.22. The summed E-state index contributed by atoms with van der Waals surface area (Å²) in [4.78, 5) is 0. The predicted octanol–water partition coefficient (Wildman–Crippen LogP) is 3.44. The Morgan fingerprint density at radius 1 is 1.35 bits per heavy atom. The summed E-state index contributed by atoms with van der Waals surface area (Å²) in [6, 6.07) is 0. The lowest BCUT2D eigenvalue weighted by Crippen LogP contribution is -2.37. The maximum atomic E-state index is 11.0. The molecule has 0 aromatic carbocycles. The first-order valence-corrected chi connectivity index (χ1v) is 9.05. The van der Waals surface area contributed by atoms with Crippen LogP contribution in [0.15, 0.2) is 23.8 Å². The molecule has 2 rings (SSSR count). The van der Waals surface area contributed by atoms with E-state index in [-0.39, 0.29) is 17.9 Å². The van der Waals surface area contributed by atoms with E-state index in [9.17, 15) is 15.3 Å². The molecule has 0 amide bonds. The Morgan fingerprint density at radius 2 is 2.00 bits per heavy atom. The standard InChI is InChI=1S/C20H34O3/c1-12-6-10-16(13(2)8-11-17(21)20(4,5)23)19(22)18-14(3)7-9-15(12)18/h7,13,15-19,21-23H,1,6,8-11H2,2-5H3/t13?,15-,16+,17+,18-,19-/m1/s1. The minimum absolute atomic E-state index is 0.219. The van der Waals surface area contributed by atoms with Crippen LogP contribution in [0.4, 0.5) is 0 Å². The molecule has 23 heavy (non-hydrogen) atoms. The van der Waals surface area contributed by atoms with Gasteiger partial charge in [0.1, 0.15) is 0 Å². The highest BCUT2D eigenvalue weighted by Gasteiger charge is 2.42. The molecule has 0 saturated heterocycles. The predicted molar refractivity (Wildman–Crippen MR) is 93.9 cm³/mol. The fourth-order valence-corrected chi connectivity index (χ4v) is 4.42. The van der Waals surface area contributed by atoms with Gasteiger partial charge in [-0.1, -0.05) is 30.7 Å². The highest BCUT2D eigenvalue weighted by molar-refractivity contribution is 5.24. The van der Waals surface area contributed by atoms with Crippen molar-refractivity contribution >= 4 is 0 Å². The first kappa shape index (κ1) is 18.7. The maximum absolute atomic E-state index is 11.0. The molecule has 3 nitrogen and oxygen atoms in total. The highest BCUT2D eigenvalue weighted by atomic mass is 16.3. The lowest BCUT2D eigenvalue weighted by atomic mass is 9.76. The van der Waals surface area contributed by atoms with E-state index in [1.807, 2.05) is 0 Å². The Kier molecular flexibility index (Phi) is 5.76. The summed E-state index contributed by atoms with van der Waals surface area (Å²) in [5, 5.41) is 30.9. The molecule has 1 saturated carbocycles. The second kappa shape index (κ2) is 7.08. The van der Waals surface area contributed by atoms with Crippen LogP contribution >= 0.6 is 0 Å². The zero-order chi connectivity index (χ0) is 17.4. The van der Waals surface area contributed by atoms with Gasteiger partial charge in [0.2, 0.25) is 0 Å². The third kappa shape index (κ3) is 4.07. The van der Waals surface area contributed by atoms with Gasteiger partial charge in [0, 0.05) is 5.92 Å². The van der Waals surface area contributed by atoms with Crippen LogP contribution < -0.4 is 0 Å². The molecule has 1 unspecified atom stereocenters. The van der Waals surface area contributed by atoms with Crippen molar-refractivity contribution in [1.82, 2.24) is 0 Å². The Labute approximate surface area is 141 Å². The molecule has 0 aromatic rings. The van der Waals surface area contributed by atoms with E-state index in [1.54, 1.807) is 13.8 Å². The summed E-state index contributed by atoms with van der Waals surface area (Å²) in [5.74, 6) is 1.18. The van der Waals surface area contributed by atoms with Crippen LogP contribution in [0.5, 0.6) is 0 Å². The van der Waals surface area contributed by atoms with E-state index < -0.39 is 11.7 Å². The number of fused-ring (bicyclic) bond motifs is 1. The minimum Gasteiger partial charge on any atom is -0.392 e. The first-order chi connectivity index (χ1) is 10.6. The van der Waals surface area contributed by atoms with Gasteiger partial charge in [-0.3, -0.25) is 0 Å². The Morgan fingerprint density at radius 3 is 2.61 bits per heavy atom. The molecule has 0 radical (unpaired) electrons. The van der Waals surface area contributed by atoms with E-state index >= 15 is 0 Å². The van der Waals surface area contributed by atoms with Crippen LogP contribution in [0.3, 0.4) is 0 Å². The maximum Gasteiger partial charge on any atom is 0.0849 e. The van der Waals surface area contributed by atoms with Gasteiger partial charge in [0.05, 0.1) is 17.8 Å². The number of allylic oxidation sites excluding steroid dienone is 2. The number of hydrogen-bond donors (Lipinski definition) is 3. The number of aliphatic hydroxyl groups excluding tert-OH is 2. The zero-order valence-corrected chi connectivity index (χ0v) is 15.1. The van der Waals surface area contributed by atoms with Gasteiger partial charge in [-0.05, 0) is 70.6 Å². The Bertz CT molecular complexity index is 460. The van der Waals surface area contributed by atoms with Gasteiger partial charge in [0.15, 0.2) is 0 Å². The van der Waals surface area contributed by atoms with Crippen LogP contribution in [-0.4, -0.2) is 33.1 Å². The molecule has 0 aliphatic heterocycles. The summed E-state index contributed by atoms with van der Waals surface area (Å²) in [6.45, 7) is 11.9. The first-order valence-electron chi connectivity index (χ1n) is 9.05. The summed E-state index contributed by atoms with van der Waals surface area (Å²) < 4.78 is 0. The van der Waals surface area contributed by atoms with Crippen LogP contribution in [0.2, 0.25) is 0 Å². The average Bonchev–Trinajstić information content (AvgIpc) is 2.79. The molecule has 132 valence electrons. The SMILES string of the molecule is C=C1CC[C@@H](C(C)CC[C@H](O)C(C)(C)O)[C@@H](O)[C@@H]2C(C)=CC[C@H]12. The van der Waals surface area contributed by atoms with E-state index in [2.05, 4.69) is 26.5 Å². The zero-order valence-electron chi connectivity index (χ0n) is 15.1. The van der Waals surface area contributed by atoms with Crippen LogP contribution in [0.25, 0.3) is 0 Å². The van der Waals surface area contributed by atoms with Crippen molar-refractivity contribution in [2.45, 2.75) is 77.6 Å². The van der Waals surface area contributed by atoms with E-state index in [1.165, 1.54) is 11.1 Å². The molecule has 1 fully saturated rings. The van der Waals surface area contributed by atoms with Crippen molar-refractivity contribution in [3.63, 3.8) is 0 Å². The van der Waals surface area contributed by atoms with Crippen LogP contribution in [0, 0.1) is 23.7 Å². The van der Waals surface area contributed by atoms with Gasteiger partial charge < -0.3 is 15.3 Å². The molecule has 0 spiro atoms. The smallest absolute Gasteiger partial charge is 0.0849 e. The normalized spacial score (nSPS) is 34.6. The van der Waals surface area contributed by atoms with Crippen molar-refractivity contribution in [3.05, 3.63) is 23.8 Å². The second-order valence-corrected chi connectivity index (χ2v) is 8.39. The molecule has 2 aliphatic carbocycles. The van der Waals surface area contributed by atoms with Crippen molar-refractivity contribution < 1.29 is 15.3 Å². The monoisotopic (exact) mass is 322 g/mol. The van der Waals surface area contributed by atoms with Gasteiger partial charge in [-0.25, -0.2) is 0 Å². The molecule has 3 N–H and O–H groups in total. The van der Waals surface area contributed by atoms with Gasteiger partial charge in [-0.2, -0.15) is 0 Å². The molecule has 6 atom stereocenters.